The van der Waals surface area contributed by atoms with Gasteiger partial charge in [-0.15, -0.1) is 0 Å². The van der Waals surface area contributed by atoms with Crippen LogP contribution in [0, 0.1) is 12.7 Å². The Morgan fingerprint density at radius 2 is 1.87 bits per heavy atom. The van der Waals surface area contributed by atoms with Crippen molar-refractivity contribution in [2.24, 2.45) is 0 Å². The maximum absolute atomic E-state index is 13.4. The summed E-state index contributed by atoms with van der Waals surface area (Å²) < 4.78 is 13.4. The number of aryl methyl sites for hydroxylation is 1. The number of nitrogens with two attached hydrogens (primary N) is 1. The van der Waals surface area contributed by atoms with Crippen LogP contribution in [0.5, 0.6) is 0 Å². The summed E-state index contributed by atoms with van der Waals surface area (Å²) in [4.78, 5) is 4.24. The van der Waals surface area contributed by atoms with Crippen molar-refractivity contribution in [3.8, 4) is 11.3 Å². The summed E-state index contributed by atoms with van der Waals surface area (Å²) >= 11 is 0. The van der Waals surface area contributed by atoms with Gasteiger partial charge < -0.3 is 5.73 Å². The molecule has 0 atom stereocenters. The monoisotopic (exact) mass is 202 g/mol. The third-order valence-electron chi connectivity index (χ3n) is 2.28. The molecule has 0 spiro atoms. The molecule has 2 aromatic rings. The Balaban J connectivity index is 2.55. The van der Waals surface area contributed by atoms with Crippen molar-refractivity contribution in [2.75, 3.05) is 5.73 Å². The minimum Gasteiger partial charge on any atom is -0.397 e. The highest BCUT2D eigenvalue weighted by Gasteiger charge is 2.06. The molecule has 1 aromatic carbocycles. The average molecular weight is 202 g/mol. The van der Waals surface area contributed by atoms with E-state index in [2.05, 4.69) is 4.98 Å². The normalized spacial score (nSPS) is 10.3. The molecule has 0 unspecified atom stereocenters. The molecule has 1 heterocycles. The maximum Gasteiger partial charge on any atom is 0.132 e. The highest BCUT2D eigenvalue weighted by molar-refractivity contribution is 5.62. The zero-order valence-corrected chi connectivity index (χ0v) is 8.37. The van der Waals surface area contributed by atoms with Crippen LogP contribution in [0.3, 0.4) is 0 Å². The summed E-state index contributed by atoms with van der Waals surface area (Å²) in [5, 5.41) is 0. The van der Waals surface area contributed by atoms with Gasteiger partial charge in [0.1, 0.15) is 5.82 Å². The highest BCUT2D eigenvalue weighted by Crippen LogP contribution is 2.22. The Morgan fingerprint density at radius 3 is 2.53 bits per heavy atom. The quantitative estimate of drug-likeness (QED) is 0.772. The molecular formula is C12H11FN2. The molecule has 3 heteroatoms. The maximum atomic E-state index is 13.4. The van der Waals surface area contributed by atoms with Gasteiger partial charge in [-0.1, -0.05) is 12.1 Å². The number of hydrogen-bond donors (Lipinski definition) is 1. The molecule has 1 aromatic heterocycles. The first kappa shape index (κ1) is 9.65. The Labute approximate surface area is 87.6 Å². The number of nitrogen functional groups attached to an aromatic ring is 1. The van der Waals surface area contributed by atoms with Crippen LogP contribution in [-0.2, 0) is 0 Å². The van der Waals surface area contributed by atoms with Gasteiger partial charge in [-0.25, -0.2) is 4.39 Å². The van der Waals surface area contributed by atoms with Gasteiger partial charge in [0.2, 0.25) is 0 Å². The fraction of sp³-hybridized carbons (Fsp3) is 0.0833. The first-order valence-corrected chi connectivity index (χ1v) is 4.66. The first-order valence-electron chi connectivity index (χ1n) is 4.66. The van der Waals surface area contributed by atoms with Crippen LogP contribution in [0.2, 0.25) is 0 Å². The predicted octanol–water partition coefficient (Wildman–Crippen LogP) is 2.78. The smallest absolute Gasteiger partial charge is 0.132 e. The van der Waals surface area contributed by atoms with Crippen LogP contribution in [0.4, 0.5) is 10.1 Å². The van der Waals surface area contributed by atoms with Gasteiger partial charge in [0.25, 0.3) is 0 Å². The number of hydrogen-bond acceptors (Lipinski definition) is 2. The SMILES string of the molecule is Cc1nc(-c2ccccc2F)ccc1N. The summed E-state index contributed by atoms with van der Waals surface area (Å²) in [5.74, 6) is -0.269. The molecule has 15 heavy (non-hydrogen) atoms. The molecule has 76 valence electrons. The van der Waals surface area contributed by atoms with E-state index in [1.54, 1.807) is 37.3 Å². The Hall–Kier alpha value is -1.90. The van der Waals surface area contributed by atoms with E-state index in [0.717, 1.165) is 5.69 Å². The number of rotatable bonds is 1. The zero-order chi connectivity index (χ0) is 10.8. The molecule has 0 radical (unpaired) electrons. The van der Waals surface area contributed by atoms with E-state index < -0.39 is 0 Å². The van der Waals surface area contributed by atoms with Crippen LogP contribution in [0.25, 0.3) is 11.3 Å². The van der Waals surface area contributed by atoms with Gasteiger partial charge >= 0.3 is 0 Å². The van der Waals surface area contributed by atoms with E-state index >= 15 is 0 Å². The highest BCUT2D eigenvalue weighted by atomic mass is 19.1. The molecule has 2 rings (SSSR count). The number of pyridine rings is 1. The van der Waals surface area contributed by atoms with Crippen molar-refractivity contribution in [3.63, 3.8) is 0 Å². The molecule has 0 aliphatic carbocycles. The van der Waals surface area contributed by atoms with E-state index in [4.69, 9.17) is 5.73 Å². The lowest BCUT2D eigenvalue weighted by atomic mass is 10.1. The van der Waals surface area contributed by atoms with E-state index in [1.807, 2.05) is 0 Å². The largest absolute Gasteiger partial charge is 0.397 e. The average Bonchev–Trinajstić information content (AvgIpc) is 2.23. The van der Waals surface area contributed by atoms with Crippen molar-refractivity contribution >= 4 is 5.69 Å². The topological polar surface area (TPSA) is 38.9 Å². The van der Waals surface area contributed by atoms with Crippen LogP contribution in [0.15, 0.2) is 36.4 Å². The van der Waals surface area contributed by atoms with Crippen molar-refractivity contribution in [1.82, 2.24) is 4.98 Å². The number of anilines is 1. The summed E-state index contributed by atoms with van der Waals surface area (Å²) in [6, 6.07) is 10.0. The second-order valence-corrected chi connectivity index (χ2v) is 3.35. The number of nitrogens with zero attached hydrogens (tertiary/aromatic N) is 1. The second kappa shape index (κ2) is 3.69. The number of aromatic nitrogens is 1. The fourth-order valence-electron chi connectivity index (χ4n) is 1.39. The van der Waals surface area contributed by atoms with Gasteiger partial charge in [0, 0.05) is 5.56 Å². The summed E-state index contributed by atoms with van der Waals surface area (Å²) in [6.07, 6.45) is 0. The lowest BCUT2D eigenvalue weighted by Crippen LogP contribution is -1.95. The van der Waals surface area contributed by atoms with E-state index in [1.165, 1.54) is 6.07 Å². The molecule has 0 saturated carbocycles. The van der Waals surface area contributed by atoms with Crippen molar-refractivity contribution in [3.05, 3.63) is 47.9 Å². The molecule has 2 nitrogen and oxygen atoms in total. The van der Waals surface area contributed by atoms with E-state index in [0.29, 0.717) is 16.9 Å². The molecule has 0 saturated heterocycles. The molecule has 0 amide bonds. The summed E-state index contributed by atoms with van der Waals surface area (Å²) in [6.45, 7) is 1.81. The van der Waals surface area contributed by atoms with Crippen molar-refractivity contribution in [1.29, 1.82) is 0 Å². The third-order valence-corrected chi connectivity index (χ3v) is 2.28. The van der Waals surface area contributed by atoms with E-state index in [-0.39, 0.29) is 5.82 Å². The summed E-state index contributed by atoms with van der Waals surface area (Å²) in [7, 11) is 0. The molecule has 0 aliphatic heterocycles. The fourth-order valence-corrected chi connectivity index (χ4v) is 1.39. The van der Waals surface area contributed by atoms with Gasteiger partial charge in [-0.3, -0.25) is 4.98 Å². The zero-order valence-electron chi connectivity index (χ0n) is 8.37. The van der Waals surface area contributed by atoms with E-state index in [9.17, 15) is 4.39 Å². The molecular weight excluding hydrogens is 191 g/mol. The molecule has 0 fully saturated rings. The standard InChI is InChI=1S/C12H11FN2/c1-8-11(14)6-7-12(15-8)9-4-2-3-5-10(9)13/h2-7H,14H2,1H3. The molecule has 0 bridgehead atoms. The lowest BCUT2D eigenvalue weighted by molar-refractivity contribution is 0.630. The van der Waals surface area contributed by atoms with Gasteiger partial charge in [0.15, 0.2) is 0 Å². The van der Waals surface area contributed by atoms with Crippen LogP contribution >= 0.6 is 0 Å². The Bertz CT molecular complexity index is 495. The number of benzene rings is 1. The second-order valence-electron chi connectivity index (χ2n) is 3.35. The number of halogens is 1. The van der Waals surface area contributed by atoms with Crippen molar-refractivity contribution < 1.29 is 4.39 Å². The first-order chi connectivity index (χ1) is 7.18. The minimum atomic E-state index is -0.269. The molecule has 2 N–H and O–H groups in total. The van der Waals surface area contributed by atoms with Crippen LogP contribution in [0.1, 0.15) is 5.69 Å². The lowest BCUT2D eigenvalue weighted by Gasteiger charge is -2.05. The Kier molecular flexibility index (Phi) is 2.37. The minimum absolute atomic E-state index is 0.269. The van der Waals surface area contributed by atoms with Crippen LogP contribution in [-0.4, -0.2) is 4.98 Å². The van der Waals surface area contributed by atoms with Gasteiger partial charge in [-0.2, -0.15) is 0 Å². The third kappa shape index (κ3) is 1.81. The van der Waals surface area contributed by atoms with Gasteiger partial charge in [0.05, 0.1) is 17.1 Å². The molecule has 0 aliphatic rings. The summed E-state index contributed by atoms with van der Waals surface area (Å²) in [5.41, 5.74) is 8.10. The van der Waals surface area contributed by atoms with Crippen molar-refractivity contribution in [2.45, 2.75) is 6.92 Å². The Morgan fingerprint density at radius 1 is 1.13 bits per heavy atom. The van der Waals surface area contributed by atoms with Crippen LogP contribution < -0.4 is 5.73 Å². The predicted molar refractivity (Wildman–Crippen MR) is 58.8 cm³/mol. The van der Waals surface area contributed by atoms with Gasteiger partial charge in [-0.05, 0) is 31.2 Å².